The van der Waals surface area contributed by atoms with Crippen molar-refractivity contribution < 1.29 is 18.4 Å². The zero-order valence-corrected chi connectivity index (χ0v) is 15.9. The summed E-state index contributed by atoms with van der Waals surface area (Å²) in [6, 6.07) is 10.6. The number of hydrogen-bond donors (Lipinski definition) is 2. The fourth-order valence-electron chi connectivity index (χ4n) is 2.36. The molecule has 0 aliphatic heterocycles. The first-order valence-electron chi connectivity index (χ1n) is 8.18. The fourth-order valence-corrected chi connectivity index (χ4v) is 2.74. The highest BCUT2D eigenvalue weighted by molar-refractivity contribution is 6.35. The van der Waals surface area contributed by atoms with Gasteiger partial charge >= 0.3 is 0 Å². The molecule has 2 amide bonds. The van der Waals surface area contributed by atoms with Crippen LogP contribution in [0.4, 0.5) is 4.39 Å². The minimum atomic E-state index is -0.598. The zero-order chi connectivity index (χ0) is 20.1. The second-order valence-corrected chi connectivity index (χ2v) is 6.57. The Bertz CT molecular complexity index is 1020. The quantitative estimate of drug-likeness (QED) is 0.605. The van der Waals surface area contributed by atoms with Crippen molar-refractivity contribution in [1.82, 2.24) is 15.8 Å². The van der Waals surface area contributed by atoms with Crippen molar-refractivity contribution in [1.29, 1.82) is 0 Å². The smallest absolute Gasteiger partial charge is 0.271 e. The predicted octanol–water partition coefficient (Wildman–Crippen LogP) is 4.18. The van der Waals surface area contributed by atoms with Crippen molar-refractivity contribution in [3.63, 3.8) is 0 Å². The lowest BCUT2D eigenvalue weighted by Gasteiger charge is -2.08. The highest BCUT2D eigenvalue weighted by Crippen LogP contribution is 2.23. The van der Waals surface area contributed by atoms with Gasteiger partial charge in [0.05, 0.1) is 22.3 Å². The van der Waals surface area contributed by atoms with Gasteiger partial charge in [-0.2, -0.15) is 0 Å². The number of carbonyl (C=O) groups is 2. The van der Waals surface area contributed by atoms with Crippen LogP contribution in [0.1, 0.15) is 22.7 Å². The number of nitrogens with one attached hydrogen (secondary N) is 2. The standard InChI is InChI=1S/C19H14Cl2FN3O3/c20-11-5-6-14(21)13(9-11)19(27)25-24-17(26)7-8-18-23-10-16(28-18)12-3-1-2-4-15(12)22/h1-6,9-10H,7-8H2,(H,24,26)(H,25,27). The van der Waals surface area contributed by atoms with Gasteiger partial charge in [0.2, 0.25) is 5.91 Å². The Hall–Kier alpha value is -2.90. The first kappa shape index (κ1) is 19.9. The second-order valence-electron chi connectivity index (χ2n) is 5.72. The van der Waals surface area contributed by atoms with E-state index in [-0.39, 0.29) is 40.6 Å². The van der Waals surface area contributed by atoms with Gasteiger partial charge in [-0.25, -0.2) is 9.37 Å². The molecule has 0 aliphatic carbocycles. The van der Waals surface area contributed by atoms with Gasteiger partial charge < -0.3 is 4.42 Å². The summed E-state index contributed by atoms with van der Waals surface area (Å²) in [6.45, 7) is 0. The first-order valence-corrected chi connectivity index (χ1v) is 8.93. The van der Waals surface area contributed by atoms with Gasteiger partial charge in [0.25, 0.3) is 5.91 Å². The molecule has 0 saturated heterocycles. The number of benzene rings is 2. The molecule has 9 heteroatoms. The maximum Gasteiger partial charge on any atom is 0.271 e. The van der Waals surface area contributed by atoms with Crippen LogP contribution in [0.15, 0.2) is 53.1 Å². The van der Waals surface area contributed by atoms with Crippen LogP contribution in [-0.4, -0.2) is 16.8 Å². The summed E-state index contributed by atoms with van der Waals surface area (Å²) in [5.74, 6) is -0.934. The van der Waals surface area contributed by atoms with Gasteiger partial charge in [0.1, 0.15) is 5.82 Å². The number of oxazole rings is 1. The van der Waals surface area contributed by atoms with Crippen LogP contribution >= 0.6 is 23.2 Å². The number of hydrogen-bond acceptors (Lipinski definition) is 4. The number of rotatable bonds is 5. The van der Waals surface area contributed by atoms with Gasteiger partial charge in [-0.05, 0) is 30.3 Å². The Morgan fingerprint density at radius 2 is 1.89 bits per heavy atom. The Morgan fingerprint density at radius 3 is 2.68 bits per heavy atom. The van der Waals surface area contributed by atoms with Gasteiger partial charge in [-0.15, -0.1) is 0 Å². The van der Waals surface area contributed by atoms with Crippen molar-refractivity contribution in [2.45, 2.75) is 12.8 Å². The Kier molecular flexibility index (Phi) is 6.28. The van der Waals surface area contributed by atoms with Gasteiger partial charge in [-0.3, -0.25) is 20.4 Å². The molecule has 0 unspecified atom stereocenters. The van der Waals surface area contributed by atoms with Crippen LogP contribution in [0.3, 0.4) is 0 Å². The zero-order valence-electron chi connectivity index (χ0n) is 14.3. The number of hydrazine groups is 1. The van der Waals surface area contributed by atoms with Crippen LogP contribution in [0, 0.1) is 5.82 Å². The molecule has 0 saturated carbocycles. The molecule has 3 aromatic rings. The molecule has 3 rings (SSSR count). The molecule has 28 heavy (non-hydrogen) atoms. The fraction of sp³-hybridized carbons (Fsp3) is 0.105. The van der Waals surface area contributed by atoms with Gasteiger partial charge in [0, 0.05) is 17.9 Å². The lowest BCUT2D eigenvalue weighted by molar-refractivity contribution is -0.121. The largest absolute Gasteiger partial charge is 0.441 e. The predicted molar refractivity (Wildman–Crippen MR) is 102 cm³/mol. The molecule has 0 radical (unpaired) electrons. The first-order chi connectivity index (χ1) is 13.4. The van der Waals surface area contributed by atoms with Crippen LogP contribution in [0.25, 0.3) is 11.3 Å². The SMILES string of the molecule is O=C(CCc1ncc(-c2ccccc2F)o1)NNC(=O)c1cc(Cl)ccc1Cl. The third-order valence-corrected chi connectivity index (χ3v) is 4.31. The van der Waals surface area contributed by atoms with E-state index in [4.69, 9.17) is 27.6 Å². The van der Waals surface area contributed by atoms with Crippen molar-refractivity contribution in [3.05, 3.63) is 76.0 Å². The molecular weight excluding hydrogens is 408 g/mol. The Balaban J connectivity index is 1.52. The van der Waals surface area contributed by atoms with Crippen LogP contribution in [-0.2, 0) is 11.2 Å². The van der Waals surface area contributed by atoms with E-state index in [9.17, 15) is 14.0 Å². The van der Waals surface area contributed by atoms with E-state index >= 15 is 0 Å². The number of aryl methyl sites for hydroxylation is 1. The summed E-state index contributed by atoms with van der Waals surface area (Å²) in [4.78, 5) is 28.0. The molecule has 1 heterocycles. The van der Waals surface area contributed by atoms with Crippen LogP contribution < -0.4 is 10.9 Å². The summed E-state index contributed by atoms with van der Waals surface area (Å²) in [5, 5.41) is 0.548. The molecule has 0 aliphatic rings. The molecule has 2 aromatic carbocycles. The van der Waals surface area contributed by atoms with E-state index in [1.54, 1.807) is 24.3 Å². The highest BCUT2D eigenvalue weighted by atomic mass is 35.5. The molecule has 6 nitrogen and oxygen atoms in total. The van der Waals surface area contributed by atoms with Crippen molar-refractivity contribution in [2.24, 2.45) is 0 Å². The summed E-state index contributed by atoms with van der Waals surface area (Å²) in [7, 11) is 0. The monoisotopic (exact) mass is 421 g/mol. The average molecular weight is 422 g/mol. The van der Waals surface area contributed by atoms with Crippen molar-refractivity contribution in [3.8, 4) is 11.3 Å². The number of carbonyl (C=O) groups excluding carboxylic acids is 2. The molecular formula is C19H14Cl2FN3O3. The maximum atomic E-state index is 13.8. The number of halogens is 3. The van der Waals surface area contributed by atoms with Crippen molar-refractivity contribution >= 4 is 35.0 Å². The third kappa shape index (κ3) is 4.88. The molecule has 0 atom stereocenters. The molecule has 144 valence electrons. The second kappa shape index (κ2) is 8.86. The molecule has 0 fully saturated rings. The Morgan fingerprint density at radius 1 is 1.11 bits per heavy atom. The van der Waals surface area contributed by atoms with E-state index in [1.807, 2.05) is 0 Å². The maximum absolute atomic E-state index is 13.8. The minimum absolute atomic E-state index is 0.000777. The molecule has 0 bridgehead atoms. The highest BCUT2D eigenvalue weighted by Gasteiger charge is 2.14. The van der Waals surface area contributed by atoms with Gasteiger partial charge in [0.15, 0.2) is 11.7 Å². The number of aromatic nitrogens is 1. The van der Waals surface area contributed by atoms with Crippen LogP contribution in [0.2, 0.25) is 10.0 Å². The molecule has 2 N–H and O–H groups in total. The van der Waals surface area contributed by atoms with Crippen LogP contribution in [0.5, 0.6) is 0 Å². The lowest BCUT2D eigenvalue weighted by Crippen LogP contribution is -2.41. The summed E-state index contributed by atoms with van der Waals surface area (Å²) in [6.07, 6.45) is 1.57. The van der Waals surface area contributed by atoms with Crippen molar-refractivity contribution in [2.75, 3.05) is 0 Å². The normalized spacial score (nSPS) is 10.5. The summed E-state index contributed by atoms with van der Waals surface area (Å²) in [5.41, 5.74) is 4.96. The number of nitrogens with zero attached hydrogens (tertiary/aromatic N) is 1. The molecule has 0 spiro atoms. The average Bonchev–Trinajstić information content (AvgIpc) is 3.15. The van der Waals surface area contributed by atoms with E-state index in [2.05, 4.69) is 15.8 Å². The van der Waals surface area contributed by atoms with E-state index in [0.29, 0.717) is 5.02 Å². The molecule has 1 aromatic heterocycles. The van der Waals surface area contributed by atoms with E-state index in [0.717, 1.165) is 0 Å². The van der Waals surface area contributed by atoms with Gasteiger partial charge in [-0.1, -0.05) is 35.3 Å². The Labute approximate surface area is 169 Å². The summed E-state index contributed by atoms with van der Waals surface area (Å²) < 4.78 is 19.2. The topological polar surface area (TPSA) is 84.2 Å². The van der Waals surface area contributed by atoms with E-state index < -0.39 is 17.6 Å². The number of amides is 2. The minimum Gasteiger partial charge on any atom is -0.441 e. The third-order valence-electron chi connectivity index (χ3n) is 3.75. The summed E-state index contributed by atoms with van der Waals surface area (Å²) >= 11 is 11.8. The van der Waals surface area contributed by atoms with E-state index in [1.165, 1.54) is 24.4 Å². The lowest BCUT2D eigenvalue weighted by atomic mass is 10.2.